The van der Waals surface area contributed by atoms with Crippen LogP contribution in [0.4, 0.5) is 0 Å². The number of hydrogen-bond acceptors (Lipinski definition) is 1. The molecule has 0 amide bonds. The van der Waals surface area contributed by atoms with E-state index in [4.69, 9.17) is 0 Å². The highest BCUT2D eigenvalue weighted by Crippen LogP contribution is 2.63. The molecule has 5 aliphatic carbocycles. The quantitative estimate of drug-likeness (QED) is 0.823. The first-order valence-corrected chi connectivity index (χ1v) is 7.86. The summed E-state index contributed by atoms with van der Waals surface area (Å²) in [5.74, 6) is 2.85. The number of rotatable bonds is 4. The molecule has 5 rings (SSSR count). The van der Waals surface area contributed by atoms with Crippen molar-refractivity contribution in [3.8, 4) is 0 Å². The van der Waals surface area contributed by atoms with Crippen LogP contribution in [0.5, 0.6) is 0 Å². The molecule has 4 bridgehead atoms. The van der Waals surface area contributed by atoms with E-state index in [9.17, 15) is 9.90 Å². The fourth-order valence-electron chi connectivity index (χ4n) is 5.96. The summed E-state index contributed by atoms with van der Waals surface area (Å²) in [5, 5.41) is 9.49. The van der Waals surface area contributed by atoms with Crippen molar-refractivity contribution in [2.24, 2.45) is 35.0 Å². The average molecular weight is 248 g/mol. The van der Waals surface area contributed by atoms with E-state index in [2.05, 4.69) is 0 Å². The van der Waals surface area contributed by atoms with E-state index in [0.29, 0.717) is 11.3 Å². The van der Waals surface area contributed by atoms with E-state index in [1.807, 2.05) is 0 Å². The maximum atomic E-state index is 11.5. The summed E-state index contributed by atoms with van der Waals surface area (Å²) >= 11 is 0. The molecule has 0 aliphatic heterocycles. The van der Waals surface area contributed by atoms with E-state index in [1.165, 1.54) is 51.4 Å². The molecule has 0 aromatic carbocycles. The predicted molar refractivity (Wildman–Crippen MR) is 69.1 cm³/mol. The summed E-state index contributed by atoms with van der Waals surface area (Å²) in [6.07, 6.45) is 11.8. The van der Waals surface area contributed by atoms with E-state index < -0.39 is 5.97 Å². The topological polar surface area (TPSA) is 37.3 Å². The molecule has 2 heteroatoms. The van der Waals surface area contributed by atoms with Crippen molar-refractivity contribution in [1.82, 2.24) is 0 Å². The Morgan fingerprint density at radius 1 is 1.06 bits per heavy atom. The van der Waals surface area contributed by atoms with Crippen LogP contribution in [0.1, 0.15) is 57.8 Å². The molecular formula is C16H24O2. The van der Waals surface area contributed by atoms with Gasteiger partial charge in [0.25, 0.3) is 0 Å². The molecule has 0 spiro atoms. The predicted octanol–water partition coefficient (Wildman–Crippen LogP) is 3.70. The normalized spacial score (nSPS) is 47.2. The standard InChI is InChI=1S/C16H24O2/c17-15(18)14(13-1-2-13)9-16-6-10-3-11(7-16)5-12(4-10)8-16/h10-14H,1-9H2,(H,17,18). The Bertz CT molecular complexity index is 334. The minimum atomic E-state index is -0.506. The van der Waals surface area contributed by atoms with Gasteiger partial charge in [-0.05, 0) is 86.9 Å². The third-order valence-corrected chi connectivity index (χ3v) is 6.33. The van der Waals surface area contributed by atoms with E-state index >= 15 is 0 Å². The second-order valence-corrected chi connectivity index (χ2v) is 7.90. The molecule has 1 N–H and O–H groups in total. The third-order valence-electron chi connectivity index (χ3n) is 6.33. The van der Waals surface area contributed by atoms with E-state index in [-0.39, 0.29) is 5.92 Å². The fraction of sp³-hybridized carbons (Fsp3) is 0.938. The molecule has 100 valence electrons. The van der Waals surface area contributed by atoms with E-state index in [1.54, 1.807) is 0 Å². The molecule has 5 saturated carbocycles. The molecular weight excluding hydrogens is 224 g/mol. The van der Waals surface area contributed by atoms with Gasteiger partial charge in [0.2, 0.25) is 0 Å². The van der Waals surface area contributed by atoms with Gasteiger partial charge in [-0.2, -0.15) is 0 Å². The van der Waals surface area contributed by atoms with Gasteiger partial charge in [-0.3, -0.25) is 4.79 Å². The summed E-state index contributed by atoms with van der Waals surface area (Å²) in [7, 11) is 0. The SMILES string of the molecule is O=C(O)C(CC12CC3CC(CC(C3)C1)C2)C1CC1. The molecule has 5 fully saturated rings. The highest BCUT2D eigenvalue weighted by molar-refractivity contribution is 5.70. The van der Waals surface area contributed by atoms with Crippen LogP contribution in [-0.2, 0) is 4.79 Å². The Kier molecular flexibility index (Phi) is 2.35. The van der Waals surface area contributed by atoms with Crippen LogP contribution in [0.15, 0.2) is 0 Å². The van der Waals surface area contributed by atoms with Gasteiger partial charge in [-0.1, -0.05) is 0 Å². The van der Waals surface area contributed by atoms with Gasteiger partial charge in [0.05, 0.1) is 5.92 Å². The van der Waals surface area contributed by atoms with Crippen LogP contribution in [0.3, 0.4) is 0 Å². The first-order valence-electron chi connectivity index (χ1n) is 7.86. The maximum absolute atomic E-state index is 11.5. The van der Waals surface area contributed by atoms with Gasteiger partial charge in [0, 0.05) is 0 Å². The lowest BCUT2D eigenvalue weighted by Crippen LogP contribution is -2.47. The molecule has 1 atom stereocenters. The van der Waals surface area contributed by atoms with Crippen molar-refractivity contribution < 1.29 is 9.90 Å². The Morgan fingerprint density at radius 2 is 1.56 bits per heavy atom. The van der Waals surface area contributed by atoms with Gasteiger partial charge in [-0.25, -0.2) is 0 Å². The van der Waals surface area contributed by atoms with E-state index in [0.717, 1.165) is 24.2 Å². The molecule has 2 nitrogen and oxygen atoms in total. The van der Waals surface area contributed by atoms with Gasteiger partial charge >= 0.3 is 5.97 Å². The van der Waals surface area contributed by atoms with Crippen LogP contribution in [0, 0.1) is 35.0 Å². The minimum Gasteiger partial charge on any atom is -0.481 e. The largest absolute Gasteiger partial charge is 0.481 e. The minimum absolute atomic E-state index is 0.0127. The smallest absolute Gasteiger partial charge is 0.306 e. The van der Waals surface area contributed by atoms with Crippen molar-refractivity contribution in [2.75, 3.05) is 0 Å². The van der Waals surface area contributed by atoms with Crippen molar-refractivity contribution in [3.05, 3.63) is 0 Å². The van der Waals surface area contributed by atoms with Crippen LogP contribution < -0.4 is 0 Å². The molecule has 0 aromatic heterocycles. The highest BCUT2D eigenvalue weighted by atomic mass is 16.4. The summed E-state index contributed by atoms with van der Waals surface area (Å²) in [6, 6.07) is 0. The first kappa shape index (κ1) is 11.3. The zero-order valence-electron chi connectivity index (χ0n) is 11.1. The monoisotopic (exact) mass is 248 g/mol. The van der Waals surface area contributed by atoms with Gasteiger partial charge in [0.1, 0.15) is 0 Å². The van der Waals surface area contributed by atoms with Crippen LogP contribution >= 0.6 is 0 Å². The van der Waals surface area contributed by atoms with Gasteiger partial charge in [0.15, 0.2) is 0 Å². The summed E-state index contributed by atoms with van der Waals surface area (Å²) in [6.45, 7) is 0. The summed E-state index contributed by atoms with van der Waals surface area (Å²) in [5.41, 5.74) is 0.445. The van der Waals surface area contributed by atoms with Crippen LogP contribution in [-0.4, -0.2) is 11.1 Å². The van der Waals surface area contributed by atoms with Crippen molar-refractivity contribution >= 4 is 5.97 Å². The lowest BCUT2D eigenvalue weighted by Gasteiger charge is -2.57. The zero-order chi connectivity index (χ0) is 12.3. The lowest BCUT2D eigenvalue weighted by molar-refractivity contribution is -0.146. The van der Waals surface area contributed by atoms with Gasteiger partial charge < -0.3 is 5.11 Å². The second kappa shape index (κ2) is 3.74. The Balaban J connectivity index is 1.54. The molecule has 1 unspecified atom stereocenters. The third kappa shape index (κ3) is 1.80. The maximum Gasteiger partial charge on any atom is 0.306 e. The van der Waals surface area contributed by atoms with Gasteiger partial charge in [-0.15, -0.1) is 0 Å². The average Bonchev–Trinajstić information content (AvgIpc) is 3.07. The van der Waals surface area contributed by atoms with Crippen LogP contribution in [0.25, 0.3) is 0 Å². The van der Waals surface area contributed by atoms with Crippen LogP contribution in [0.2, 0.25) is 0 Å². The number of hydrogen-bond donors (Lipinski definition) is 1. The fourth-order valence-corrected chi connectivity index (χ4v) is 5.96. The molecule has 0 aromatic rings. The Morgan fingerprint density at radius 3 is 1.94 bits per heavy atom. The van der Waals surface area contributed by atoms with Crippen molar-refractivity contribution in [2.45, 2.75) is 57.8 Å². The van der Waals surface area contributed by atoms with Crippen molar-refractivity contribution in [3.63, 3.8) is 0 Å². The number of aliphatic carboxylic acids is 1. The number of carboxylic acids is 1. The Labute approximate surface area is 109 Å². The lowest BCUT2D eigenvalue weighted by atomic mass is 9.48. The molecule has 0 saturated heterocycles. The summed E-state index contributed by atoms with van der Waals surface area (Å²) < 4.78 is 0. The number of carboxylic acid groups (broad SMARTS) is 1. The number of carbonyl (C=O) groups is 1. The molecule has 0 heterocycles. The van der Waals surface area contributed by atoms with Crippen molar-refractivity contribution in [1.29, 1.82) is 0 Å². The molecule has 5 aliphatic rings. The molecule has 18 heavy (non-hydrogen) atoms. The zero-order valence-corrected chi connectivity index (χ0v) is 11.1. The highest BCUT2D eigenvalue weighted by Gasteiger charge is 2.53. The first-order chi connectivity index (χ1) is 8.63. The Hall–Kier alpha value is -0.530. The second-order valence-electron chi connectivity index (χ2n) is 7.90. The molecule has 0 radical (unpaired) electrons. The summed E-state index contributed by atoms with van der Waals surface area (Å²) in [4.78, 5) is 11.5.